The van der Waals surface area contributed by atoms with E-state index < -0.39 is 26.6 Å². The third-order valence-electron chi connectivity index (χ3n) is 4.14. The van der Waals surface area contributed by atoms with Gasteiger partial charge in [-0.1, -0.05) is 63.3 Å². The van der Waals surface area contributed by atoms with E-state index >= 15 is 0 Å². The van der Waals surface area contributed by atoms with E-state index in [0.29, 0.717) is 9.27 Å². The summed E-state index contributed by atoms with van der Waals surface area (Å²) in [5.41, 5.74) is 0.545. The minimum absolute atomic E-state index is 0.0266. The zero-order valence-electron chi connectivity index (χ0n) is 15.2. The molecule has 0 fully saturated rings. The number of halogens is 2. The lowest BCUT2D eigenvalue weighted by molar-refractivity contribution is 0.494. The summed E-state index contributed by atoms with van der Waals surface area (Å²) < 4.78 is 53.8. The van der Waals surface area contributed by atoms with Gasteiger partial charge in [0.05, 0.1) is 38.0 Å². The third kappa shape index (κ3) is 4.51. The van der Waals surface area contributed by atoms with Crippen LogP contribution in [0.25, 0.3) is 0 Å². The van der Waals surface area contributed by atoms with E-state index in [-0.39, 0.29) is 25.4 Å². The predicted octanol–water partition coefficient (Wildman–Crippen LogP) is 4.44. The Balaban J connectivity index is 2.19. The Morgan fingerprint density at radius 1 is 0.767 bits per heavy atom. The Labute approximate surface area is 185 Å². The molecule has 30 heavy (non-hydrogen) atoms. The highest BCUT2D eigenvalue weighted by molar-refractivity contribution is 8.04. The van der Waals surface area contributed by atoms with Gasteiger partial charge in [-0.2, -0.15) is 5.26 Å². The van der Waals surface area contributed by atoms with Crippen LogP contribution >= 0.6 is 23.2 Å². The van der Waals surface area contributed by atoms with Crippen molar-refractivity contribution in [3.05, 3.63) is 94.0 Å². The lowest BCUT2D eigenvalue weighted by Crippen LogP contribution is -2.36. The van der Waals surface area contributed by atoms with Gasteiger partial charge in [0.2, 0.25) is 0 Å². The van der Waals surface area contributed by atoms with Crippen LogP contribution in [0.5, 0.6) is 0 Å². The van der Waals surface area contributed by atoms with Gasteiger partial charge in [0.1, 0.15) is 0 Å². The topological polar surface area (TPSA) is 95.3 Å². The number of hydrogen-bond acceptors (Lipinski definition) is 5. The van der Waals surface area contributed by atoms with Crippen molar-refractivity contribution in [1.82, 2.24) is 3.71 Å². The summed E-state index contributed by atoms with van der Waals surface area (Å²) in [6.45, 7) is -0.442. The average Bonchev–Trinajstić information content (AvgIpc) is 2.74. The zero-order valence-corrected chi connectivity index (χ0v) is 18.4. The molecular formula is C20H14Cl2N2O4S2. The van der Waals surface area contributed by atoms with Crippen LogP contribution in [0.4, 0.5) is 0 Å². The van der Waals surface area contributed by atoms with Crippen molar-refractivity contribution in [2.24, 2.45) is 0 Å². The largest absolute Gasteiger partial charge is 0.256 e. The molecule has 0 unspecified atom stereocenters. The van der Waals surface area contributed by atoms with Crippen molar-refractivity contribution in [2.45, 2.75) is 16.3 Å². The van der Waals surface area contributed by atoms with E-state index in [1.54, 1.807) is 30.3 Å². The average molecular weight is 481 g/mol. The summed E-state index contributed by atoms with van der Waals surface area (Å²) in [5.74, 6) is 0. The van der Waals surface area contributed by atoms with Gasteiger partial charge in [0.25, 0.3) is 20.0 Å². The highest BCUT2D eigenvalue weighted by Gasteiger charge is 2.37. The van der Waals surface area contributed by atoms with Gasteiger partial charge < -0.3 is 0 Å². The maximum absolute atomic E-state index is 13.4. The first-order chi connectivity index (χ1) is 14.2. The van der Waals surface area contributed by atoms with Gasteiger partial charge in [-0.3, -0.25) is 0 Å². The summed E-state index contributed by atoms with van der Waals surface area (Å²) in [6.07, 6.45) is 0. The van der Waals surface area contributed by atoms with Crippen molar-refractivity contribution >= 4 is 43.2 Å². The second-order valence-corrected chi connectivity index (χ2v) is 10.9. The van der Waals surface area contributed by atoms with Gasteiger partial charge in [0.15, 0.2) is 0 Å². The number of benzene rings is 3. The van der Waals surface area contributed by atoms with Gasteiger partial charge in [-0.05, 0) is 42.0 Å². The van der Waals surface area contributed by atoms with Gasteiger partial charge >= 0.3 is 0 Å². The predicted molar refractivity (Wildman–Crippen MR) is 114 cm³/mol. The fourth-order valence-electron chi connectivity index (χ4n) is 2.63. The van der Waals surface area contributed by atoms with E-state index in [4.69, 9.17) is 28.5 Å². The number of nitrogens with zero attached hydrogens (tertiary/aromatic N) is 2. The lowest BCUT2D eigenvalue weighted by atomic mass is 10.2. The van der Waals surface area contributed by atoms with Crippen LogP contribution in [0.15, 0.2) is 82.6 Å². The standard InChI is InChI=1S/C20H14Cl2N2O4S2/c21-19-10-9-18(12-20(19)22)30(27,28)24(14-15-5-2-1-3-6-15)29(25,26)17-8-4-7-16(11-17)13-23/h1-12H,14H2. The van der Waals surface area contributed by atoms with Gasteiger partial charge in [-0.25, -0.2) is 16.8 Å². The van der Waals surface area contributed by atoms with E-state index in [2.05, 4.69) is 0 Å². The van der Waals surface area contributed by atoms with Crippen molar-refractivity contribution in [3.8, 4) is 6.07 Å². The van der Waals surface area contributed by atoms with Gasteiger partial charge in [-0.15, -0.1) is 0 Å². The van der Waals surface area contributed by atoms with Gasteiger partial charge in [0, 0.05) is 0 Å². The summed E-state index contributed by atoms with van der Waals surface area (Å²) in [6, 6.07) is 18.8. The fraction of sp³-hybridized carbons (Fsp3) is 0.0500. The molecule has 0 aliphatic rings. The van der Waals surface area contributed by atoms with E-state index in [1.807, 2.05) is 6.07 Å². The number of nitriles is 1. The van der Waals surface area contributed by atoms with Crippen LogP contribution in [0.3, 0.4) is 0 Å². The molecule has 10 heteroatoms. The maximum atomic E-state index is 13.4. The molecule has 0 spiro atoms. The second kappa shape index (κ2) is 8.76. The number of rotatable bonds is 6. The molecule has 0 radical (unpaired) electrons. The maximum Gasteiger partial charge on any atom is 0.256 e. The van der Waals surface area contributed by atoms with Crippen LogP contribution in [0.1, 0.15) is 11.1 Å². The smallest absolute Gasteiger partial charge is 0.206 e. The molecule has 0 heterocycles. The summed E-state index contributed by atoms with van der Waals surface area (Å²) in [4.78, 5) is -0.644. The molecule has 0 saturated carbocycles. The molecule has 6 nitrogen and oxygen atoms in total. The van der Waals surface area contributed by atoms with Crippen molar-refractivity contribution < 1.29 is 16.8 Å². The lowest BCUT2D eigenvalue weighted by Gasteiger charge is -2.22. The molecule has 0 N–H and O–H groups in total. The molecule has 3 rings (SSSR count). The summed E-state index contributed by atoms with van der Waals surface area (Å²) >= 11 is 11.8. The third-order valence-corrected chi connectivity index (χ3v) is 9.09. The van der Waals surface area contributed by atoms with Crippen molar-refractivity contribution in [3.63, 3.8) is 0 Å². The Bertz CT molecular complexity index is 1340. The van der Waals surface area contributed by atoms with E-state index in [1.165, 1.54) is 30.3 Å². The first-order valence-electron chi connectivity index (χ1n) is 8.43. The minimum Gasteiger partial charge on any atom is -0.206 e. The Morgan fingerprint density at radius 2 is 1.40 bits per heavy atom. The van der Waals surface area contributed by atoms with Crippen LogP contribution in [0.2, 0.25) is 10.0 Å². The first kappa shape index (κ1) is 22.3. The molecule has 0 saturated heterocycles. The SMILES string of the molecule is N#Cc1cccc(S(=O)(=O)N(Cc2ccccc2)S(=O)(=O)c2ccc(Cl)c(Cl)c2)c1. The fourth-order valence-corrected chi connectivity index (χ4v) is 6.68. The molecule has 3 aromatic rings. The molecule has 3 aromatic carbocycles. The Hall–Kier alpha value is -2.41. The minimum atomic E-state index is -4.54. The second-order valence-electron chi connectivity index (χ2n) is 6.14. The molecule has 0 amide bonds. The van der Waals surface area contributed by atoms with Crippen molar-refractivity contribution in [2.75, 3.05) is 0 Å². The molecule has 0 aliphatic heterocycles. The molecule has 0 aliphatic carbocycles. The summed E-state index contributed by atoms with van der Waals surface area (Å²) in [7, 11) is -9.09. The number of hydrogen-bond donors (Lipinski definition) is 0. The van der Waals surface area contributed by atoms with Crippen LogP contribution in [-0.2, 0) is 26.6 Å². The zero-order chi connectivity index (χ0) is 21.9. The molecular weight excluding hydrogens is 467 g/mol. The monoisotopic (exact) mass is 480 g/mol. The number of sulfonamides is 2. The highest BCUT2D eigenvalue weighted by atomic mass is 35.5. The van der Waals surface area contributed by atoms with Crippen LogP contribution in [-0.4, -0.2) is 20.5 Å². The van der Waals surface area contributed by atoms with E-state index in [0.717, 1.165) is 12.1 Å². The Kier molecular flexibility index (Phi) is 6.50. The molecule has 0 aromatic heterocycles. The molecule has 154 valence electrons. The van der Waals surface area contributed by atoms with Crippen molar-refractivity contribution in [1.29, 1.82) is 5.26 Å². The molecule has 0 bridgehead atoms. The first-order valence-corrected chi connectivity index (χ1v) is 12.1. The van der Waals surface area contributed by atoms with Crippen LogP contribution in [0, 0.1) is 11.3 Å². The quantitative estimate of drug-likeness (QED) is 0.519. The van der Waals surface area contributed by atoms with E-state index in [9.17, 15) is 16.8 Å². The highest BCUT2D eigenvalue weighted by Crippen LogP contribution is 2.30. The molecule has 0 atom stereocenters. The summed E-state index contributed by atoms with van der Waals surface area (Å²) in [5, 5.41) is 9.20. The van der Waals surface area contributed by atoms with Crippen LogP contribution < -0.4 is 0 Å². The Morgan fingerprint density at radius 3 is 2.00 bits per heavy atom. The normalized spacial score (nSPS) is 11.9.